The fourth-order valence-electron chi connectivity index (χ4n) is 2.32. The SMILES string of the molecule is CNC(Cc1c(F)cccc1Cl)Cc1ncnn1C(C)C. The summed E-state index contributed by atoms with van der Waals surface area (Å²) in [5.41, 5.74) is 0.536. The average Bonchev–Trinajstić information content (AvgIpc) is 2.90. The maximum atomic E-state index is 13.9. The molecule has 0 saturated heterocycles. The Bertz CT molecular complexity index is 577. The Labute approximate surface area is 129 Å². The largest absolute Gasteiger partial charge is 0.316 e. The van der Waals surface area contributed by atoms with Crippen LogP contribution in [0.3, 0.4) is 0 Å². The van der Waals surface area contributed by atoms with Crippen LogP contribution >= 0.6 is 11.6 Å². The summed E-state index contributed by atoms with van der Waals surface area (Å²) in [5.74, 6) is 0.616. The summed E-state index contributed by atoms with van der Waals surface area (Å²) in [7, 11) is 1.86. The summed E-state index contributed by atoms with van der Waals surface area (Å²) < 4.78 is 15.8. The molecule has 0 aliphatic heterocycles. The predicted octanol–water partition coefficient (Wildman–Crippen LogP) is 3.02. The molecule has 0 radical (unpaired) electrons. The normalized spacial score (nSPS) is 12.9. The van der Waals surface area contributed by atoms with Crippen molar-refractivity contribution >= 4 is 11.6 Å². The van der Waals surface area contributed by atoms with Crippen molar-refractivity contribution in [3.05, 3.63) is 46.8 Å². The van der Waals surface area contributed by atoms with Crippen molar-refractivity contribution in [2.24, 2.45) is 0 Å². The van der Waals surface area contributed by atoms with Gasteiger partial charge in [-0.3, -0.25) is 0 Å². The van der Waals surface area contributed by atoms with E-state index >= 15 is 0 Å². The van der Waals surface area contributed by atoms with Crippen LogP contribution < -0.4 is 5.32 Å². The molecule has 1 N–H and O–H groups in total. The van der Waals surface area contributed by atoms with Crippen molar-refractivity contribution in [3.8, 4) is 0 Å². The lowest BCUT2D eigenvalue weighted by atomic mass is 10.0. The van der Waals surface area contributed by atoms with E-state index in [0.29, 0.717) is 23.4 Å². The van der Waals surface area contributed by atoms with E-state index in [1.807, 2.05) is 11.7 Å². The molecule has 0 fully saturated rings. The molecule has 0 amide bonds. The summed E-state index contributed by atoms with van der Waals surface area (Å²) in [6.07, 6.45) is 2.73. The highest BCUT2D eigenvalue weighted by molar-refractivity contribution is 6.31. The molecule has 1 heterocycles. The Morgan fingerprint density at radius 3 is 2.71 bits per heavy atom. The lowest BCUT2D eigenvalue weighted by Crippen LogP contribution is -2.32. The Morgan fingerprint density at radius 1 is 1.33 bits per heavy atom. The zero-order valence-corrected chi connectivity index (χ0v) is 13.2. The number of benzene rings is 1. The molecule has 4 nitrogen and oxygen atoms in total. The van der Waals surface area contributed by atoms with Gasteiger partial charge in [0.25, 0.3) is 0 Å². The standard InChI is InChI=1S/C15H20ClFN4/c1-10(2)21-15(19-9-20-21)8-11(18-3)7-12-13(16)5-4-6-14(12)17/h4-6,9-11,18H,7-8H2,1-3H3. The molecule has 0 spiro atoms. The minimum absolute atomic E-state index is 0.0427. The number of rotatable bonds is 6. The van der Waals surface area contributed by atoms with Gasteiger partial charge in [0.15, 0.2) is 0 Å². The van der Waals surface area contributed by atoms with Crippen LogP contribution in [0.25, 0.3) is 0 Å². The Kier molecular flexibility index (Phi) is 5.31. The van der Waals surface area contributed by atoms with Crippen molar-refractivity contribution in [1.29, 1.82) is 0 Å². The van der Waals surface area contributed by atoms with E-state index in [4.69, 9.17) is 11.6 Å². The fourth-order valence-corrected chi connectivity index (χ4v) is 2.56. The van der Waals surface area contributed by atoms with Gasteiger partial charge in [-0.25, -0.2) is 14.1 Å². The molecule has 2 aromatic rings. The van der Waals surface area contributed by atoms with Gasteiger partial charge in [0.2, 0.25) is 0 Å². The Balaban J connectivity index is 2.15. The van der Waals surface area contributed by atoms with Gasteiger partial charge >= 0.3 is 0 Å². The van der Waals surface area contributed by atoms with Gasteiger partial charge in [0.05, 0.1) is 0 Å². The fraction of sp³-hybridized carbons (Fsp3) is 0.467. The molecule has 1 unspecified atom stereocenters. The molecule has 1 aromatic heterocycles. The second kappa shape index (κ2) is 7.00. The van der Waals surface area contributed by atoms with Gasteiger partial charge in [-0.05, 0) is 39.4 Å². The van der Waals surface area contributed by atoms with E-state index in [9.17, 15) is 4.39 Å². The Morgan fingerprint density at radius 2 is 2.10 bits per heavy atom. The number of hydrogen-bond acceptors (Lipinski definition) is 3. The summed E-state index contributed by atoms with van der Waals surface area (Å²) in [6.45, 7) is 4.11. The third-order valence-corrected chi connectivity index (χ3v) is 3.84. The third kappa shape index (κ3) is 3.80. The van der Waals surface area contributed by atoms with Gasteiger partial charge in [-0.2, -0.15) is 5.10 Å². The molecular formula is C15H20ClFN4. The van der Waals surface area contributed by atoms with E-state index < -0.39 is 0 Å². The molecule has 0 aliphatic carbocycles. The molecular weight excluding hydrogens is 291 g/mol. The summed E-state index contributed by atoms with van der Waals surface area (Å²) in [5, 5.41) is 7.88. The summed E-state index contributed by atoms with van der Waals surface area (Å²) in [6, 6.07) is 5.05. The number of nitrogens with one attached hydrogen (secondary N) is 1. The second-order valence-corrected chi connectivity index (χ2v) is 5.72. The first-order valence-electron chi connectivity index (χ1n) is 7.01. The minimum atomic E-state index is -0.270. The molecule has 114 valence electrons. The van der Waals surface area contributed by atoms with E-state index in [2.05, 4.69) is 29.2 Å². The van der Waals surface area contributed by atoms with Crippen molar-refractivity contribution in [2.45, 2.75) is 38.8 Å². The van der Waals surface area contributed by atoms with Gasteiger partial charge in [0, 0.05) is 29.1 Å². The first-order valence-corrected chi connectivity index (χ1v) is 7.39. The zero-order valence-electron chi connectivity index (χ0n) is 12.5. The number of halogens is 2. The molecule has 2 rings (SSSR count). The molecule has 6 heteroatoms. The third-order valence-electron chi connectivity index (χ3n) is 3.49. The first kappa shape index (κ1) is 15.9. The smallest absolute Gasteiger partial charge is 0.138 e. The van der Waals surface area contributed by atoms with Gasteiger partial charge in [-0.1, -0.05) is 17.7 Å². The number of likely N-dealkylation sites (N-methyl/N-ethyl adjacent to an activating group) is 1. The lowest BCUT2D eigenvalue weighted by Gasteiger charge is -2.18. The van der Waals surface area contributed by atoms with Crippen LogP contribution in [0.15, 0.2) is 24.5 Å². The van der Waals surface area contributed by atoms with Crippen LogP contribution in [0.2, 0.25) is 5.02 Å². The second-order valence-electron chi connectivity index (χ2n) is 5.31. The van der Waals surface area contributed by atoms with Crippen LogP contribution in [0, 0.1) is 5.82 Å². The van der Waals surface area contributed by atoms with Crippen LogP contribution in [0.4, 0.5) is 4.39 Å². The van der Waals surface area contributed by atoms with Gasteiger partial charge < -0.3 is 5.32 Å². The quantitative estimate of drug-likeness (QED) is 0.892. The van der Waals surface area contributed by atoms with Crippen LogP contribution in [-0.4, -0.2) is 27.9 Å². The van der Waals surface area contributed by atoms with E-state index in [1.165, 1.54) is 6.07 Å². The van der Waals surface area contributed by atoms with E-state index in [1.54, 1.807) is 18.5 Å². The molecule has 0 saturated carbocycles. The highest BCUT2D eigenvalue weighted by Crippen LogP contribution is 2.21. The molecule has 1 atom stereocenters. The maximum absolute atomic E-state index is 13.9. The van der Waals surface area contributed by atoms with Gasteiger partial charge in [-0.15, -0.1) is 0 Å². The van der Waals surface area contributed by atoms with E-state index in [-0.39, 0.29) is 17.9 Å². The first-order chi connectivity index (χ1) is 10.0. The van der Waals surface area contributed by atoms with Crippen molar-refractivity contribution in [1.82, 2.24) is 20.1 Å². The Hall–Kier alpha value is -1.46. The minimum Gasteiger partial charge on any atom is -0.316 e. The van der Waals surface area contributed by atoms with Crippen molar-refractivity contribution in [2.75, 3.05) is 7.05 Å². The van der Waals surface area contributed by atoms with Crippen molar-refractivity contribution in [3.63, 3.8) is 0 Å². The number of aromatic nitrogens is 3. The number of nitrogens with zero attached hydrogens (tertiary/aromatic N) is 3. The monoisotopic (exact) mass is 310 g/mol. The molecule has 1 aromatic carbocycles. The lowest BCUT2D eigenvalue weighted by molar-refractivity contribution is 0.466. The van der Waals surface area contributed by atoms with E-state index in [0.717, 1.165) is 5.82 Å². The summed E-state index contributed by atoms with van der Waals surface area (Å²) >= 11 is 6.09. The maximum Gasteiger partial charge on any atom is 0.138 e. The average molecular weight is 311 g/mol. The predicted molar refractivity (Wildman–Crippen MR) is 82.1 cm³/mol. The van der Waals surface area contributed by atoms with Crippen LogP contribution in [0.5, 0.6) is 0 Å². The highest BCUT2D eigenvalue weighted by Gasteiger charge is 2.17. The highest BCUT2D eigenvalue weighted by atomic mass is 35.5. The van der Waals surface area contributed by atoms with Crippen molar-refractivity contribution < 1.29 is 4.39 Å². The van der Waals surface area contributed by atoms with Gasteiger partial charge in [0.1, 0.15) is 18.0 Å². The number of hydrogen-bond donors (Lipinski definition) is 1. The zero-order chi connectivity index (χ0) is 15.4. The molecule has 0 aliphatic rings. The summed E-state index contributed by atoms with van der Waals surface area (Å²) in [4.78, 5) is 4.30. The van der Waals surface area contributed by atoms with Crippen LogP contribution in [0.1, 0.15) is 31.3 Å². The van der Waals surface area contributed by atoms with Crippen LogP contribution in [-0.2, 0) is 12.8 Å². The molecule has 21 heavy (non-hydrogen) atoms. The molecule has 0 bridgehead atoms. The topological polar surface area (TPSA) is 42.7 Å².